The van der Waals surface area contributed by atoms with Gasteiger partial charge in [-0.05, 0) is 43.7 Å². The van der Waals surface area contributed by atoms with Crippen LogP contribution < -0.4 is 14.8 Å². The lowest BCUT2D eigenvalue weighted by Gasteiger charge is -2.18. The molecule has 27 heavy (non-hydrogen) atoms. The van der Waals surface area contributed by atoms with Crippen molar-refractivity contribution in [2.75, 3.05) is 14.2 Å². The predicted molar refractivity (Wildman–Crippen MR) is 97.4 cm³/mol. The van der Waals surface area contributed by atoms with E-state index in [4.69, 9.17) is 14.2 Å². The predicted octanol–water partition coefficient (Wildman–Crippen LogP) is 3.27. The number of nitrogens with one attached hydrogen (secondary N) is 1. The Kier molecular flexibility index (Phi) is 6.76. The van der Waals surface area contributed by atoms with Gasteiger partial charge < -0.3 is 19.5 Å². The molecule has 1 N–H and O–H groups in total. The van der Waals surface area contributed by atoms with Crippen molar-refractivity contribution in [1.29, 1.82) is 0 Å². The lowest BCUT2D eigenvalue weighted by molar-refractivity contribution is -0.129. The van der Waals surface area contributed by atoms with E-state index >= 15 is 0 Å². The standard InChI is InChI=1S/C20H22FNO5/c1-12(14-5-7-16(21)8-6-14)22-19(23)13(2)27-20(24)15-9-17(25-3)11-18(10-15)26-4/h5-13H,1-4H3,(H,22,23)/t12-,13+/m1/s1. The molecule has 144 valence electrons. The van der Waals surface area contributed by atoms with Crippen LogP contribution in [0.25, 0.3) is 0 Å². The summed E-state index contributed by atoms with van der Waals surface area (Å²) in [5, 5.41) is 2.73. The van der Waals surface area contributed by atoms with E-state index in [0.717, 1.165) is 5.56 Å². The maximum absolute atomic E-state index is 13.0. The summed E-state index contributed by atoms with van der Waals surface area (Å²) in [6.07, 6.45) is -1.02. The zero-order valence-electron chi connectivity index (χ0n) is 15.6. The molecule has 0 aliphatic carbocycles. The van der Waals surface area contributed by atoms with Crippen LogP contribution in [-0.2, 0) is 9.53 Å². The van der Waals surface area contributed by atoms with Gasteiger partial charge in [0.15, 0.2) is 6.10 Å². The fourth-order valence-electron chi connectivity index (χ4n) is 2.37. The van der Waals surface area contributed by atoms with Gasteiger partial charge in [0.2, 0.25) is 0 Å². The summed E-state index contributed by atoms with van der Waals surface area (Å²) in [6, 6.07) is 10.1. The Morgan fingerprint density at radius 2 is 1.52 bits per heavy atom. The third kappa shape index (κ3) is 5.44. The maximum Gasteiger partial charge on any atom is 0.339 e. The topological polar surface area (TPSA) is 73.9 Å². The van der Waals surface area contributed by atoms with Crippen molar-refractivity contribution >= 4 is 11.9 Å². The lowest BCUT2D eigenvalue weighted by Crippen LogP contribution is -2.37. The zero-order valence-corrected chi connectivity index (χ0v) is 15.6. The highest BCUT2D eigenvalue weighted by Crippen LogP contribution is 2.23. The highest BCUT2D eigenvalue weighted by molar-refractivity contribution is 5.93. The van der Waals surface area contributed by atoms with Crippen molar-refractivity contribution in [1.82, 2.24) is 5.32 Å². The van der Waals surface area contributed by atoms with Crippen molar-refractivity contribution in [2.45, 2.75) is 26.0 Å². The molecule has 0 heterocycles. The third-order valence-electron chi connectivity index (χ3n) is 3.97. The van der Waals surface area contributed by atoms with Crippen molar-refractivity contribution in [3.05, 3.63) is 59.4 Å². The third-order valence-corrected chi connectivity index (χ3v) is 3.97. The van der Waals surface area contributed by atoms with Crippen LogP contribution in [0, 0.1) is 5.82 Å². The monoisotopic (exact) mass is 375 g/mol. The van der Waals surface area contributed by atoms with Crippen molar-refractivity contribution < 1.29 is 28.2 Å². The Bertz CT molecular complexity index is 784. The van der Waals surface area contributed by atoms with Gasteiger partial charge in [0, 0.05) is 6.07 Å². The average Bonchev–Trinajstić information content (AvgIpc) is 2.67. The average molecular weight is 375 g/mol. The molecule has 0 fully saturated rings. The van der Waals surface area contributed by atoms with Gasteiger partial charge in [-0.2, -0.15) is 0 Å². The van der Waals surface area contributed by atoms with Crippen LogP contribution >= 0.6 is 0 Å². The molecule has 2 atom stereocenters. The second kappa shape index (κ2) is 9.02. The first-order valence-corrected chi connectivity index (χ1v) is 8.34. The molecule has 0 unspecified atom stereocenters. The van der Waals surface area contributed by atoms with Crippen molar-refractivity contribution in [2.24, 2.45) is 0 Å². The van der Waals surface area contributed by atoms with Crippen LogP contribution in [0.3, 0.4) is 0 Å². The summed E-state index contributed by atoms with van der Waals surface area (Å²) in [5.41, 5.74) is 0.943. The van der Waals surface area contributed by atoms with Crippen LogP contribution in [0.4, 0.5) is 4.39 Å². The highest BCUT2D eigenvalue weighted by Gasteiger charge is 2.21. The Labute approximate surface area is 157 Å². The minimum Gasteiger partial charge on any atom is -0.497 e. The van der Waals surface area contributed by atoms with E-state index in [1.165, 1.54) is 45.4 Å². The Balaban J connectivity index is 2.01. The van der Waals surface area contributed by atoms with Crippen molar-refractivity contribution in [3.63, 3.8) is 0 Å². The zero-order chi connectivity index (χ0) is 20.0. The number of ether oxygens (including phenoxy) is 3. The first kappa shape index (κ1) is 20.2. The summed E-state index contributed by atoms with van der Waals surface area (Å²) < 4.78 is 28.5. The molecule has 7 heteroatoms. The molecule has 0 aromatic heterocycles. The van der Waals surface area contributed by atoms with Gasteiger partial charge in [-0.3, -0.25) is 4.79 Å². The molecule has 0 radical (unpaired) electrons. The van der Waals surface area contributed by atoms with Gasteiger partial charge >= 0.3 is 5.97 Å². The summed E-state index contributed by atoms with van der Waals surface area (Å²) in [5.74, 6) is -0.626. The van der Waals surface area contributed by atoms with Gasteiger partial charge in [0.1, 0.15) is 17.3 Å². The Morgan fingerprint density at radius 1 is 0.963 bits per heavy atom. The number of benzene rings is 2. The van der Waals surface area contributed by atoms with Crippen LogP contribution in [0.5, 0.6) is 11.5 Å². The normalized spacial score (nSPS) is 12.6. The number of amides is 1. The molecule has 0 saturated heterocycles. The fraction of sp³-hybridized carbons (Fsp3) is 0.300. The van der Waals surface area contributed by atoms with Crippen molar-refractivity contribution in [3.8, 4) is 11.5 Å². The molecule has 0 aliphatic rings. The SMILES string of the molecule is COc1cc(OC)cc(C(=O)O[C@@H](C)C(=O)N[C@H](C)c2ccc(F)cc2)c1. The first-order valence-electron chi connectivity index (χ1n) is 8.34. The Morgan fingerprint density at radius 3 is 2.04 bits per heavy atom. The minimum absolute atomic E-state index is 0.206. The molecule has 0 spiro atoms. The quantitative estimate of drug-likeness (QED) is 0.752. The van der Waals surface area contributed by atoms with Crippen LogP contribution in [-0.4, -0.2) is 32.2 Å². The lowest BCUT2D eigenvalue weighted by atomic mass is 10.1. The van der Waals surface area contributed by atoms with E-state index in [9.17, 15) is 14.0 Å². The molecule has 2 rings (SSSR count). The van der Waals surface area contributed by atoms with Crippen LogP contribution in [0.15, 0.2) is 42.5 Å². The number of methoxy groups -OCH3 is 2. The van der Waals surface area contributed by atoms with E-state index < -0.39 is 18.0 Å². The first-order chi connectivity index (χ1) is 12.8. The fourth-order valence-corrected chi connectivity index (χ4v) is 2.37. The molecule has 0 saturated carbocycles. The second-order valence-electron chi connectivity index (χ2n) is 5.93. The van der Waals surface area contributed by atoms with E-state index in [0.29, 0.717) is 11.5 Å². The van der Waals surface area contributed by atoms with Gasteiger partial charge in [-0.25, -0.2) is 9.18 Å². The number of halogens is 1. The van der Waals surface area contributed by atoms with Crippen LogP contribution in [0.1, 0.15) is 35.8 Å². The highest BCUT2D eigenvalue weighted by atomic mass is 19.1. The summed E-state index contributed by atoms with van der Waals surface area (Å²) in [4.78, 5) is 24.6. The number of carbonyl (C=O) groups is 2. The smallest absolute Gasteiger partial charge is 0.339 e. The van der Waals surface area contributed by atoms with E-state index in [1.807, 2.05) is 0 Å². The van der Waals surface area contributed by atoms with Gasteiger partial charge in [-0.15, -0.1) is 0 Å². The number of esters is 1. The van der Waals surface area contributed by atoms with E-state index in [-0.39, 0.29) is 17.4 Å². The minimum atomic E-state index is -1.02. The molecule has 2 aromatic rings. The number of hydrogen-bond acceptors (Lipinski definition) is 5. The Hall–Kier alpha value is -3.09. The largest absolute Gasteiger partial charge is 0.497 e. The maximum atomic E-state index is 13.0. The van der Waals surface area contributed by atoms with Crippen LogP contribution in [0.2, 0.25) is 0 Å². The molecular formula is C20H22FNO5. The molecule has 2 aromatic carbocycles. The number of rotatable bonds is 7. The van der Waals surface area contributed by atoms with E-state index in [2.05, 4.69) is 5.32 Å². The number of hydrogen-bond donors (Lipinski definition) is 1. The molecular weight excluding hydrogens is 353 g/mol. The molecule has 0 aliphatic heterocycles. The summed E-state index contributed by atoms with van der Waals surface area (Å²) >= 11 is 0. The summed E-state index contributed by atoms with van der Waals surface area (Å²) in [6.45, 7) is 3.23. The second-order valence-corrected chi connectivity index (χ2v) is 5.93. The van der Waals surface area contributed by atoms with Gasteiger partial charge in [0.25, 0.3) is 5.91 Å². The molecule has 0 bridgehead atoms. The van der Waals surface area contributed by atoms with Gasteiger partial charge in [0.05, 0.1) is 25.8 Å². The molecule has 1 amide bonds. The summed E-state index contributed by atoms with van der Waals surface area (Å²) in [7, 11) is 2.94. The molecule has 6 nitrogen and oxygen atoms in total. The van der Waals surface area contributed by atoms with E-state index in [1.54, 1.807) is 25.1 Å². The van der Waals surface area contributed by atoms with Gasteiger partial charge in [-0.1, -0.05) is 12.1 Å². The number of carbonyl (C=O) groups excluding carboxylic acids is 2.